The Labute approximate surface area is 94.4 Å². The van der Waals surface area contributed by atoms with E-state index < -0.39 is 17.9 Å². The molecule has 1 saturated heterocycles. The first-order valence-electron chi connectivity index (χ1n) is 4.98. The molecule has 0 aliphatic carbocycles. The van der Waals surface area contributed by atoms with Crippen molar-refractivity contribution in [3.05, 3.63) is 11.6 Å². The molecule has 0 aromatic carbocycles. The number of Topliss-reactive ketones (excluding diaryl/α,β-unsaturated/α-hetero) is 1. The van der Waals surface area contributed by atoms with Gasteiger partial charge in [0.2, 0.25) is 0 Å². The monoisotopic (exact) mass is 228 g/mol. The van der Waals surface area contributed by atoms with Gasteiger partial charge in [0.25, 0.3) is 0 Å². The zero-order valence-corrected chi connectivity index (χ0v) is 9.90. The molecule has 0 aromatic rings. The number of ketones is 1. The lowest BCUT2D eigenvalue weighted by Gasteiger charge is -2.15. The lowest BCUT2D eigenvalue weighted by molar-refractivity contribution is -0.139. The van der Waals surface area contributed by atoms with E-state index in [2.05, 4.69) is 4.74 Å². The molecule has 0 amide bonds. The second kappa shape index (κ2) is 4.76. The summed E-state index contributed by atoms with van der Waals surface area (Å²) in [6.07, 6.45) is 1.05. The molecule has 0 bridgehead atoms. The van der Waals surface area contributed by atoms with Crippen LogP contribution < -0.4 is 0 Å². The zero-order chi connectivity index (χ0) is 12.3. The number of methoxy groups -OCH3 is 1. The van der Waals surface area contributed by atoms with Crippen LogP contribution in [-0.4, -0.2) is 37.4 Å². The largest absolute Gasteiger partial charge is 0.465 e. The number of hydrogen-bond acceptors (Lipinski definition) is 5. The SMILES string of the molecule is COC(=O)/C(=C/[C@H]1COC(C)(C)O1)C(C)=O. The Bertz CT molecular complexity index is 329. The van der Waals surface area contributed by atoms with E-state index in [4.69, 9.17) is 9.47 Å². The molecular weight excluding hydrogens is 212 g/mol. The number of rotatable bonds is 3. The third kappa shape index (κ3) is 3.15. The molecule has 1 fully saturated rings. The molecule has 0 saturated carbocycles. The van der Waals surface area contributed by atoms with Gasteiger partial charge in [0.15, 0.2) is 11.6 Å². The van der Waals surface area contributed by atoms with Crippen molar-refractivity contribution in [2.24, 2.45) is 0 Å². The van der Waals surface area contributed by atoms with Gasteiger partial charge in [-0.15, -0.1) is 0 Å². The van der Waals surface area contributed by atoms with Crippen molar-refractivity contribution in [3.8, 4) is 0 Å². The molecule has 0 unspecified atom stereocenters. The third-order valence-corrected chi connectivity index (χ3v) is 2.17. The fourth-order valence-corrected chi connectivity index (χ4v) is 1.42. The van der Waals surface area contributed by atoms with Crippen LogP contribution in [0, 0.1) is 0 Å². The summed E-state index contributed by atoms with van der Waals surface area (Å²) in [5.74, 6) is -1.68. The van der Waals surface area contributed by atoms with E-state index in [0.717, 1.165) is 0 Å². The van der Waals surface area contributed by atoms with E-state index in [0.29, 0.717) is 6.61 Å². The van der Waals surface area contributed by atoms with Gasteiger partial charge in [-0.25, -0.2) is 4.79 Å². The van der Waals surface area contributed by atoms with Crippen LogP contribution in [0.25, 0.3) is 0 Å². The predicted molar refractivity (Wildman–Crippen MR) is 55.7 cm³/mol. The van der Waals surface area contributed by atoms with Crippen LogP contribution in [0.5, 0.6) is 0 Å². The molecule has 0 radical (unpaired) electrons. The quantitative estimate of drug-likeness (QED) is 0.310. The van der Waals surface area contributed by atoms with Gasteiger partial charge in [-0.3, -0.25) is 4.79 Å². The van der Waals surface area contributed by atoms with Crippen LogP contribution in [0.1, 0.15) is 20.8 Å². The minimum absolute atomic E-state index is 0.00574. The molecule has 1 rings (SSSR count). The van der Waals surface area contributed by atoms with Crippen LogP contribution in [0.4, 0.5) is 0 Å². The second-order valence-electron chi connectivity index (χ2n) is 4.00. The molecule has 0 aromatic heterocycles. The molecule has 5 nitrogen and oxygen atoms in total. The Kier molecular flexibility index (Phi) is 3.83. The summed E-state index contributed by atoms with van der Waals surface area (Å²) in [5.41, 5.74) is -0.00574. The minimum Gasteiger partial charge on any atom is -0.465 e. The van der Waals surface area contributed by atoms with Crippen LogP contribution >= 0.6 is 0 Å². The maximum Gasteiger partial charge on any atom is 0.341 e. The second-order valence-corrected chi connectivity index (χ2v) is 4.00. The van der Waals surface area contributed by atoms with Crippen molar-refractivity contribution < 1.29 is 23.8 Å². The fourth-order valence-electron chi connectivity index (χ4n) is 1.42. The Balaban J connectivity index is 2.80. The van der Waals surface area contributed by atoms with Crippen LogP contribution in [0.2, 0.25) is 0 Å². The minimum atomic E-state index is -0.681. The molecule has 1 atom stereocenters. The Hall–Kier alpha value is -1.20. The molecule has 16 heavy (non-hydrogen) atoms. The highest BCUT2D eigenvalue weighted by molar-refractivity contribution is 6.16. The van der Waals surface area contributed by atoms with Crippen molar-refractivity contribution in [1.82, 2.24) is 0 Å². The number of hydrogen-bond donors (Lipinski definition) is 0. The van der Waals surface area contributed by atoms with Crippen LogP contribution in [0.15, 0.2) is 11.6 Å². The van der Waals surface area contributed by atoms with E-state index in [1.54, 1.807) is 13.8 Å². The van der Waals surface area contributed by atoms with Gasteiger partial charge in [0, 0.05) is 0 Å². The lowest BCUT2D eigenvalue weighted by Crippen LogP contribution is -2.22. The molecule has 90 valence electrons. The average molecular weight is 228 g/mol. The van der Waals surface area contributed by atoms with E-state index in [-0.39, 0.29) is 11.4 Å². The van der Waals surface area contributed by atoms with Gasteiger partial charge < -0.3 is 14.2 Å². The first-order valence-corrected chi connectivity index (χ1v) is 4.98. The molecule has 5 heteroatoms. The summed E-state index contributed by atoms with van der Waals surface area (Å²) in [5, 5.41) is 0. The zero-order valence-electron chi connectivity index (χ0n) is 9.90. The molecular formula is C11H16O5. The number of carbonyl (C=O) groups excluding carboxylic acids is 2. The first kappa shape index (κ1) is 12.9. The summed E-state index contributed by atoms with van der Waals surface area (Å²) in [7, 11) is 1.23. The Morgan fingerprint density at radius 3 is 2.44 bits per heavy atom. The highest BCUT2D eigenvalue weighted by Crippen LogP contribution is 2.23. The summed E-state index contributed by atoms with van der Waals surface area (Å²) >= 11 is 0. The molecule has 1 aliphatic heterocycles. The maximum absolute atomic E-state index is 11.3. The van der Waals surface area contributed by atoms with Crippen molar-refractivity contribution in [1.29, 1.82) is 0 Å². The molecule has 0 spiro atoms. The molecule has 0 N–H and O–H groups in total. The Morgan fingerprint density at radius 2 is 2.06 bits per heavy atom. The van der Waals surface area contributed by atoms with Gasteiger partial charge >= 0.3 is 5.97 Å². The van der Waals surface area contributed by atoms with Gasteiger partial charge in [-0.1, -0.05) is 0 Å². The maximum atomic E-state index is 11.3. The Morgan fingerprint density at radius 1 is 1.44 bits per heavy atom. The highest BCUT2D eigenvalue weighted by atomic mass is 16.7. The van der Waals surface area contributed by atoms with Crippen molar-refractivity contribution >= 4 is 11.8 Å². The third-order valence-electron chi connectivity index (χ3n) is 2.17. The van der Waals surface area contributed by atoms with Gasteiger partial charge in [0.1, 0.15) is 11.7 Å². The van der Waals surface area contributed by atoms with E-state index >= 15 is 0 Å². The smallest absolute Gasteiger partial charge is 0.341 e. The first-order chi connectivity index (χ1) is 7.35. The summed E-state index contributed by atoms with van der Waals surface area (Å²) < 4.78 is 15.3. The van der Waals surface area contributed by atoms with E-state index in [9.17, 15) is 9.59 Å². The predicted octanol–water partition coefficient (Wildman–Crippen LogP) is 0.826. The molecule has 1 heterocycles. The van der Waals surface area contributed by atoms with Gasteiger partial charge in [-0.2, -0.15) is 0 Å². The van der Waals surface area contributed by atoms with Crippen molar-refractivity contribution in [3.63, 3.8) is 0 Å². The van der Waals surface area contributed by atoms with E-state index in [1.165, 1.54) is 20.1 Å². The van der Waals surface area contributed by atoms with Gasteiger partial charge in [0.05, 0.1) is 13.7 Å². The summed E-state index contributed by atoms with van der Waals surface area (Å²) in [6.45, 7) is 5.17. The summed E-state index contributed by atoms with van der Waals surface area (Å²) in [4.78, 5) is 22.5. The lowest BCUT2D eigenvalue weighted by atomic mass is 10.1. The standard InChI is InChI=1S/C11H16O5/c1-7(12)9(10(13)14-4)5-8-6-15-11(2,3)16-8/h5,8H,6H2,1-4H3/b9-5+/t8-/m0/s1. The number of ether oxygens (including phenoxy) is 3. The normalized spacial score (nSPS) is 24.2. The topological polar surface area (TPSA) is 61.8 Å². The van der Waals surface area contributed by atoms with E-state index in [1.807, 2.05) is 0 Å². The van der Waals surface area contributed by atoms with Crippen LogP contribution in [-0.2, 0) is 23.8 Å². The number of carbonyl (C=O) groups is 2. The van der Waals surface area contributed by atoms with Gasteiger partial charge in [-0.05, 0) is 26.8 Å². The molecule has 1 aliphatic rings. The fraction of sp³-hybridized carbons (Fsp3) is 0.636. The van der Waals surface area contributed by atoms with Crippen molar-refractivity contribution in [2.45, 2.75) is 32.7 Å². The summed E-state index contributed by atoms with van der Waals surface area (Å²) in [6, 6.07) is 0. The van der Waals surface area contributed by atoms with Crippen molar-refractivity contribution in [2.75, 3.05) is 13.7 Å². The van der Waals surface area contributed by atoms with Crippen LogP contribution in [0.3, 0.4) is 0 Å². The number of esters is 1. The highest BCUT2D eigenvalue weighted by Gasteiger charge is 2.32. The average Bonchev–Trinajstić information content (AvgIpc) is 2.53.